The summed E-state index contributed by atoms with van der Waals surface area (Å²) in [6.07, 6.45) is 0. The molecule has 2 aromatic carbocycles. The normalized spacial score (nSPS) is 11.3. The molecule has 0 aliphatic rings. The molecule has 0 atom stereocenters. The summed E-state index contributed by atoms with van der Waals surface area (Å²) in [5.41, 5.74) is 1.70. The average Bonchev–Trinajstić information content (AvgIpc) is 2.64. The molecule has 3 aromatic rings. The van der Waals surface area contributed by atoms with Crippen LogP contribution in [0.3, 0.4) is 0 Å². The lowest BCUT2D eigenvalue weighted by molar-refractivity contribution is 0.102. The van der Waals surface area contributed by atoms with Gasteiger partial charge in [-0.2, -0.15) is 0 Å². The maximum Gasteiger partial charge on any atom is 0.269 e. The Hall–Kier alpha value is -3.06. The van der Waals surface area contributed by atoms with Gasteiger partial charge < -0.3 is 5.32 Å². The van der Waals surface area contributed by atoms with Crippen molar-refractivity contribution in [3.05, 3.63) is 86.4 Å². The van der Waals surface area contributed by atoms with Crippen LogP contribution in [0.25, 0.3) is 5.69 Å². The highest BCUT2D eigenvalue weighted by Gasteiger charge is 2.14. The Balaban J connectivity index is 1.84. The maximum atomic E-state index is 12.7. The Bertz CT molecular complexity index is 1170. The SMILES string of the molecule is Cc1cc(SC(C)(C)C)ccc1NC(=O)c1cccc(-n2[nH]c(=O)ccc2=O)c1. The predicted octanol–water partition coefficient (Wildman–Crippen LogP) is 3.98. The molecule has 1 aromatic heterocycles. The molecule has 0 spiro atoms. The molecule has 0 bridgehead atoms. The minimum atomic E-state index is -0.400. The lowest BCUT2D eigenvalue weighted by Crippen LogP contribution is -2.26. The van der Waals surface area contributed by atoms with Crippen molar-refractivity contribution in [1.29, 1.82) is 0 Å². The molecule has 0 radical (unpaired) electrons. The van der Waals surface area contributed by atoms with Gasteiger partial charge >= 0.3 is 0 Å². The van der Waals surface area contributed by atoms with Gasteiger partial charge in [-0.15, -0.1) is 11.8 Å². The second-order valence-corrected chi connectivity index (χ2v) is 9.58. The van der Waals surface area contributed by atoms with Crippen LogP contribution in [0.4, 0.5) is 5.69 Å². The molecule has 7 heteroatoms. The van der Waals surface area contributed by atoms with Crippen LogP contribution in [0, 0.1) is 6.92 Å². The molecule has 1 heterocycles. The number of H-pyrrole nitrogens is 1. The Kier molecular flexibility index (Phi) is 5.79. The van der Waals surface area contributed by atoms with E-state index in [2.05, 4.69) is 37.3 Å². The van der Waals surface area contributed by atoms with E-state index in [0.717, 1.165) is 20.8 Å². The first-order valence-corrected chi connectivity index (χ1v) is 9.98. The highest BCUT2D eigenvalue weighted by molar-refractivity contribution is 8.00. The standard InChI is InChI=1S/C22H23N3O3S/c1-14-12-17(29-22(2,3)4)8-9-18(14)23-21(28)15-6-5-7-16(13-15)25-20(27)11-10-19(26)24-25/h5-13H,1-4H3,(H,23,28)(H,24,26). The number of thioether (sulfide) groups is 1. The Morgan fingerprint density at radius 3 is 2.48 bits per heavy atom. The Morgan fingerprint density at radius 1 is 1.03 bits per heavy atom. The quantitative estimate of drug-likeness (QED) is 0.639. The van der Waals surface area contributed by atoms with Crippen molar-refractivity contribution in [2.24, 2.45) is 0 Å². The van der Waals surface area contributed by atoms with Gasteiger partial charge in [0.1, 0.15) is 0 Å². The molecule has 1 amide bonds. The van der Waals surface area contributed by atoms with Crippen molar-refractivity contribution in [2.45, 2.75) is 37.3 Å². The van der Waals surface area contributed by atoms with Crippen molar-refractivity contribution in [3.63, 3.8) is 0 Å². The number of hydrogen-bond acceptors (Lipinski definition) is 4. The Morgan fingerprint density at radius 2 is 1.79 bits per heavy atom. The van der Waals surface area contributed by atoms with Gasteiger partial charge in [0.15, 0.2) is 0 Å². The zero-order chi connectivity index (χ0) is 21.2. The number of nitrogens with one attached hydrogen (secondary N) is 2. The van der Waals surface area contributed by atoms with Crippen molar-refractivity contribution in [3.8, 4) is 5.69 Å². The van der Waals surface area contributed by atoms with E-state index in [0.29, 0.717) is 11.3 Å². The summed E-state index contributed by atoms with van der Waals surface area (Å²) in [5, 5.41) is 5.37. The van der Waals surface area contributed by atoms with Crippen molar-refractivity contribution in [2.75, 3.05) is 5.32 Å². The molecular formula is C22H23N3O3S. The van der Waals surface area contributed by atoms with Gasteiger partial charge in [0, 0.05) is 33.0 Å². The molecule has 6 nitrogen and oxygen atoms in total. The van der Waals surface area contributed by atoms with Crippen LogP contribution in [0.1, 0.15) is 36.7 Å². The maximum absolute atomic E-state index is 12.7. The third-order valence-corrected chi connectivity index (χ3v) is 5.16. The fourth-order valence-electron chi connectivity index (χ4n) is 2.79. The first kappa shape index (κ1) is 20.7. The molecule has 2 N–H and O–H groups in total. The summed E-state index contributed by atoms with van der Waals surface area (Å²) in [4.78, 5) is 37.4. The zero-order valence-electron chi connectivity index (χ0n) is 16.8. The van der Waals surface area contributed by atoms with E-state index < -0.39 is 5.56 Å². The summed E-state index contributed by atoms with van der Waals surface area (Å²) < 4.78 is 1.22. The van der Waals surface area contributed by atoms with Gasteiger partial charge in [-0.25, -0.2) is 4.68 Å². The molecule has 0 unspecified atom stereocenters. The molecule has 3 rings (SSSR count). The minimum absolute atomic E-state index is 0.105. The first-order valence-electron chi connectivity index (χ1n) is 9.16. The van der Waals surface area contributed by atoms with E-state index in [-0.39, 0.29) is 16.2 Å². The monoisotopic (exact) mass is 409 g/mol. The minimum Gasteiger partial charge on any atom is -0.322 e. The molecule has 0 aliphatic heterocycles. The lowest BCUT2D eigenvalue weighted by atomic mass is 10.1. The highest BCUT2D eigenvalue weighted by atomic mass is 32.2. The third-order valence-electron chi connectivity index (χ3n) is 4.06. The number of anilines is 1. The van der Waals surface area contributed by atoms with Crippen molar-refractivity contribution in [1.82, 2.24) is 9.78 Å². The van der Waals surface area contributed by atoms with Crippen LogP contribution in [0.2, 0.25) is 0 Å². The molecule has 29 heavy (non-hydrogen) atoms. The number of aromatic amines is 1. The molecule has 0 fully saturated rings. The number of carbonyl (C=O) groups is 1. The topological polar surface area (TPSA) is 84.0 Å². The zero-order valence-corrected chi connectivity index (χ0v) is 17.6. The lowest BCUT2D eigenvalue weighted by Gasteiger charge is -2.18. The van der Waals surface area contributed by atoms with E-state index in [9.17, 15) is 14.4 Å². The summed E-state index contributed by atoms with van der Waals surface area (Å²) in [6, 6.07) is 14.8. The molecular weight excluding hydrogens is 386 g/mol. The summed E-state index contributed by atoms with van der Waals surface area (Å²) in [7, 11) is 0. The van der Waals surface area contributed by atoms with Crippen molar-refractivity contribution >= 4 is 23.4 Å². The van der Waals surface area contributed by atoms with Crippen molar-refractivity contribution < 1.29 is 4.79 Å². The van der Waals surface area contributed by atoms with Gasteiger partial charge in [-0.3, -0.25) is 19.5 Å². The van der Waals surface area contributed by atoms with Gasteiger partial charge in [-0.05, 0) is 48.9 Å². The summed E-state index contributed by atoms with van der Waals surface area (Å²) in [5.74, 6) is -0.294. The van der Waals surface area contributed by atoms with E-state index >= 15 is 0 Å². The van der Waals surface area contributed by atoms with E-state index in [1.807, 2.05) is 19.1 Å². The van der Waals surface area contributed by atoms with Gasteiger partial charge in [0.05, 0.1) is 5.69 Å². The number of hydrogen-bond donors (Lipinski definition) is 2. The fourth-order valence-corrected chi connectivity index (χ4v) is 3.87. The van der Waals surface area contributed by atoms with Crippen LogP contribution in [0.15, 0.2) is 69.1 Å². The van der Waals surface area contributed by atoms with E-state index in [4.69, 9.17) is 0 Å². The number of benzene rings is 2. The molecule has 0 aliphatic carbocycles. The number of amides is 1. The molecule has 0 saturated carbocycles. The van der Waals surface area contributed by atoms with Crippen LogP contribution in [-0.2, 0) is 0 Å². The predicted molar refractivity (Wildman–Crippen MR) is 117 cm³/mol. The second kappa shape index (κ2) is 8.13. The van der Waals surface area contributed by atoms with Crippen LogP contribution >= 0.6 is 11.8 Å². The smallest absolute Gasteiger partial charge is 0.269 e. The van der Waals surface area contributed by atoms with Crippen LogP contribution in [-0.4, -0.2) is 20.4 Å². The van der Waals surface area contributed by atoms with Gasteiger partial charge in [0.25, 0.3) is 17.0 Å². The van der Waals surface area contributed by atoms with E-state index in [1.54, 1.807) is 36.0 Å². The molecule has 0 saturated heterocycles. The second-order valence-electron chi connectivity index (χ2n) is 7.68. The number of aromatic nitrogens is 2. The number of carbonyl (C=O) groups excluding carboxylic acids is 1. The van der Waals surface area contributed by atoms with Gasteiger partial charge in [0.2, 0.25) is 0 Å². The fraction of sp³-hybridized carbons (Fsp3) is 0.227. The highest BCUT2D eigenvalue weighted by Crippen LogP contribution is 2.33. The number of aryl methyl sites for hydroxylation is 1. The third kappa shape index (κ3) is 5.26. The van der Waals surface area contributed by atoms with Crippen LogP contribution in [0.5, 0.6) is 0 Å². The van der Waals surface area contributed by atoms with Gasteiger partial charge in [-0.1, -0.05) is 26.8 Å². The van der Waals surface area contributed by atoms with E-state index in [1.165, 1.54) is 12.1 Å². The first-order chi connectivity index (χ1) is 13.6. The summed E-state index contributed by atoms with van der Waals surface area (Å²) >= 11 is 1.77. The Labute approximate surface area is 173 Å². The largest absolute Gasteiger partial charge is 0.322 e. The molecule has 150 valence electrons. The number of nitrogens with zero attached hydrogens (tertiary/aromatic N) is 1. The summed E-state index contributed by atoms with van der Waals surface area (Å²) in [6.45, 7) is 8.41. The average molecular weight is 410 g/mol. The van der Waals surface area contributed by atoms with Crippen LogP contribution < -0.4 is 16.4 Å². The number of rotatable bonds is 4.